The number of halogens is 1. The molecule has 6 heteroatoms. The standard InChI is InChI=1S/C24H24BrNO3S/c25-22-13-7-10-20(16-22)17-30(28,29)18-24(27)26-23(21-11-5-2-6-12-21)15-14-19-8-3-1-4-9-19/h1-13,16,23H,14-15,17-18H2,(H,26,27). The lowest BCUT2D eigenvalue weighted by molar-refractivity contribution is -0.119. The van der Waals surface area contributed by atoms with Crippen LogP contribution in [0.5, 0.6) is 0 Å². The first-order valence-corrected chi connectivity index (χ1v) is 12.4. The van der Waals surface area contributed by atoms with E-state index in [-0.39, 0.29) is 11.8 Å². The number of rotatable bonds is 9. The van der Waals surface area contributed by atoms with Gasteiger partial charge in [0.2, 0.25) is 5.91 Å². The maximum atomic E-state index is 12.6. The van der Waals surface area contributed by atoms with Crippen molar-refractivity contribution in [2.45, 2.75) is 24.6 Å². The first-order valence-electron chi connectivity index (χ1n) is 9.74. The summed E-state index contributed by atoms with van der Waals surface area (Å²) < 4.78 is 25.9. The van der Waals surface area contributed by atoms with E-state index in [0.717, 1.165) is 16.5 Å². The second kappa shape index (κ2) is 10.5. The van der Waals surface area contributed by atoms with Crippen molar-refractivity contribution in [2.75, 3.05) is 5.75 Å². The highest BCUT2D eigenvalue weighted by molar-refractivity contribution is 9.10. The van der Waals surface area contributed by atoms with Crippen LogP contribution in [0.2, 0.25) is 0 Å². The fourth-order valence-electron chi connectivity index (χ4n) is 3.33. The zero-order chi connectivity index (χ0) is 21.4. The molecule has 1 amide bonds. The number of benzene rings is 3. The minimum Gasteiger partial charge on any atom is -0.348 e. The van der Waals surface area contributed by atoms with Crippen LogP contribution in [0, 0.1) is 0 Å². The summed E-state index contributed by atoms with van der Waals surface area (Å²) in [7, 11) is -3.58. The lowest BCUT2D eigenvalue weighted by Crippen LogP contribution is -2.34. The molecule has 1 N–H and O–H groups in total. The topological polar surface area (TPSA) is 63.2 Å². The van der Waals surface area contributed by atoms with Crippen LogP contribution in [-0.4, -0.2) is 20.1 Å². The average molecular weight is 486 g/mol. The normalized spacial score (nSPS) is 12.3. The number of nitrogens with one attached hydrogen (secondary N) is 1. The molecule has 1 unspecified atom stereocenters. The summed E-state index contributed by atoms with van der Waals surface area (Å²) in [5.74, 6) is -1.18. The molecule has 0 bridgehead atoms. The molecule has 0 aliphatic rings. The Morgan fingerprint density at radius 2 is 1.50 bits per heavy atom. The molecule has 0 aliphatic carbocycles. The summed E-state index contributed by atoms with van der Waals surface area (Å²) in [6.45, 7) is 0. The number of carbonyl (C=O) groups excluding carboxylic acids is 1. The van der Waals surface area contributed by atoms with E-state index in [0.29, 0.717) is 12.0 Å². The van der Waals surface area contributed by atoms with Gasteiger partial charge in [-0.3, -0.25) is 4.79 Å². The smallest absolute Gasteiger partial charge is 0.235 e. The lowest BCUT2D eigenvalue weighted by Gasteiger charge is -2.19. The van der Waals surface area contributed by atoms with Crippen LogP contribution in [-0.2, 0) is 26.8 Å². The van der Waals surface area contributed by atoms with Crippen LogP contribution in [0.4, 0.5) is 0 Å². The van der Waals surface area contributed by atoms with Gasteiger partial charge in [0.1, 0.15) is 5.75 Å². The highest BCUT2D eigenvalue weighted by Gasteiger charge is 2.21. The third kappa shape index (κ3) is 7.11. The van der Waals surface area contributed by atoms with Gasteiger partial charge < -0.3 is 5.32 Å². The quantitative estimate of drug-likeness (QED) is 0.470. The van der Waals surface area contributed by atoms with Crippen molar-refractivity contribution in [1.82, 2.24) is 5.32 Å². The van der Waals surface area contributed by atoms with Crippen molar-refractivity contribution in [1.29, 1.82) is 0 Å². The minimum absolute atomic E-state index is 0.167. The Kier molecular flexibility index (Phi) is 7.82. The van der Waals surface area contributed by atoms with Crippen LogP contribution < -0.4 is 5.32 Å². The van der Waals surface area contributed by atoms with Gasteiger partial charge in [0.05, 0.1) is 11.8 Å². The van der Waals surface area contributed by atoms with Crippen LogP contribution in [0.1, 0.15) is 29.2 Å². The monoisotopic (exact) mass is 485 g/mol. The van der Waals surface area contributed by atoms with E-state index in [1.54, 1.807) is 18.2 Å². The summed E-state index contributed by atoms with van der Waals surface area (Å²) >= 11 is 3.34. The molecule has 3 aromatic rings. The van der Waals surface area contributed by atoms with E-state index in [1.165, 1.54) is 5.56 Å². The van der Waals surface area contributed by atoms with E-state index in [4.69, 9.17) is 0 Å². The molecule has 1 atom stereocenters. The van der Waals surface area contributed by atoms with Gasteiger partial charge in [0.15, 0.2) is 9.84 Å². The largest absolute Gasteiger partial charge is 0.348 e. The van der Waals surface area contributed by atoms with Crippen molar-refractivity contribution in [3.8, 4) is 0 Å². The Hall–Kier alpha value is -2.44. The van der Waals surface area contributed by atoms with E-state index in [1.807, 2.05) is 66.7 Å². The predicted octanol–water partition coefficient (Wildman–Crippen LogP) is 4.85. The van der Waals surface area contributed by atoms with Gasteiger partial charge in [-0.2, -0.15) is 0 Å². The average Bonchev–Trinajstić information content (AvgIpc) is 2.71. The molecule has 3 rings (SSSR count). The maximum Gasteiger partial charge on any atom is 0.235 e. The molecule has 0 aromatic heterocycles. The van der Waals surface area contributed by atoms with Crippen molar-refractivity contribution < 1.29 is 13.2 Å². The summed E-state index contributed by atoms with van der Waals surface area (Å²) in [4.78, 5) is 12.6. The zero-order valence-corrected chi connectivity index (χ0v) is 18.9. The van der Waals surface area contributed by atoms with E-state index in [9.17, 15) is 13.2 Å². The number of carbonyl (C=O) groups is 1. The molecular formula is C24H24BrNO3S. The van der Waals surface area contributed by atoms with Gasteiger partial charge in [-0.05, 0) is 41.7 Å². The van der Waals surface area contributed by atoms with Crippen molar-refractivity contribution in [2.24, 2.45) is 0 Å². The zero-order valence-electron chi connectivity index (χ0n) is 16.5. The molecule has 156 valence electrons. The first-order chi connectivity index (χ1) is 14.4. The summed E-state index contributed by atoms with van der Waals surface area (Å²) in [6, 6.07) is 26.6. The van der Waals surface area contributed by atoms with Gasteiger partial charge in [-0.15, -0.1) is 0 Å². The fourth-order valence-corrected chi connectivity index (χ4v) is 5.05. The highest BCUT2D eigenvalue weighted by Crippen LogP contribution is 2.20. The summed E-state index contributed by atoms with van der Waals surface area (Å²) in [6.07, 6.45) is 1.47. The number of hydrogen-bond acceptors (Lipinski definition) is 3. The number of sulfone groups is 1. The predicted molar refractivity (Wildman–Crippen MR) is 124 cm³/mol. The molecular weight excluding hydrogens is 462 g/mol. The molecule has 4 nitrogen and oxygen atoms in total. The third-order valence-corrected chi connectivity index (χ3v) is 6.70. The minimum atomic E-state index is -3.58. The molecule has 0 heterocycles. The van der Waals surface area contributed by atoms with Crippen LogP contribution in [0.15, 0.2) is 89.4 Å². The Morgan fingerprint density at radius 1 is 0.867 bits per heavy atom. The van der Waals surface area contributed by atoms with Crippen LogP contribution in [0.25, 0.3) is 0 Å². The Labute approximate surface area is 186 Å². The van der Waals surface area contributed by atoms with Gasteiger partial charge in [-0.1, -0.05) is 88.7 Å². The Balaban J connectivity index is 1.66. The van der Waals surface area contributed by atoms with Gasteiger partial charge in [0.25, 0.3) is 0 Å². The molecule has 0 radical (unpaired) electrons. The SMILES string of the molecule is O=C(CS(=O)(=O)Cc1cccc(Br)c1)NC(CCc1ccccc1)c1ccccc1. The summed E-state index contributed by atoms with van der Waals surface area (Å²) in [5.41, 5.74) is 2.79. The maximum absolute atomic E-state index is 12.6. The molecule has 0 fully saturated rings. The Bertz CT molecular complexity index is 1070. The number of aryl methyl sites for hydroxylation is 1. The van der Waals surface area contributed by atoms with Gasteiger partial charge in [0, 0.05) is 4.47 Å². The van der Waals surface area contributed by atoms with Gasteiger partial charge >= 0.3 is 0 Å². The first kappa shape index (κ1) is 22.2. The molecule has 0 spiro atoms. The van der Waals surface area contributed by atoms with Crippen LogP contribution >= 0.6 is 15.9 Å². The number of amides is 1. The highest BCUT2D eigenvalue weighted by atomic mass is 79.9. The van der Waals surface area contributed by atoms with E-state index >= 15 is 0 Å². The fraction of sp³-hybridized carbons (Fsp3) is 0.208. The van der Waals surface area contributed by atoms with Crippen LogP contribution in [0.3, 0.4) is 0 Å². The Morgan fingerprint density at radius 3 is 2.17 bits per heavy atom. The van der Waals surface area contributed by atoms with E-state index in [2.05, 4.69) is 21.2 Å². The lowest BCUT2D eigenvalue weighted by atomic mass is 9.99. The van der Waals surface area contributed by atoms with Crippen molar-refractivity contribution in [3.05, 3.63) is 106 Å². The van der Waals surface area contributed by atoms with Crippen molar-refractivity contribution in [3.63, 3.8) is 0 Å². The summed E-state index contributed by atoms with van der Waals surface area (Å²) in [5, 5.41) is 2.93. The molecule has 0 aliphatic heterocycles. The molecule has 0 saturated carbocycles. The second-order valence-electron chi connectivity index (χ2n) is 7.22. The number of hydrogen-bond donors (Lipinski definition) is 1. The molecule has 0 saturated heterocycles. The van der Waals surface area contributed by atoms with E-state index < -0.39 is 21.5 Å². The second-order valence-corrected chi connectivity index (χ2v) is 10.2. The van der Waals surface area contributed by atoms with Gasteiger partial charge in [-0.25, -0.2) is 8.42 Å². The molecule has 3 aromatic carbocycles. The third-order valence-electron chi connectivity index (χ3n) is 4.73. The molecule has 30 heavy (non-hydrogen) atoms. The van der Waals surface area contributed by atoms with Crippen molar-refractivity contribution >= 4 is 31.7 Å².